The van der Waals surface area contributed by atoms with Gasteiger partial charge in [0.05, 0.1) is 6.61 Å². The van der Waals surface area contributed by atoms with Crippen LogP contribution < -0.4 is 0 Å². The molecule has 2 unspecified atom stereocenters. The molecule has 2 nitrogen and oxygen atoms in total. The molecule has 0 saturated carbocycles. The number of ether oxygens (including phenoxy) is 2. The van der Waals surface area contributed by atoms with Gasteiger partial charge in [0.15, 0.2) is 0 Å². The zero-order valence-corrected chi connectivity index (χ0v) is 7.07. The Morgan fingerprint density at radius 2 is 2.08 bits per heavy atom. The van der Waals surface area contributed by atoms with Gasteiger partial charge in [-0.3, -0.25) is 0 Å². The van der Waals surface area contributed by atoms with Crippen molar-refractivity contribution in [3.8, 4) is 0 Å². The molecule has 12 heavy (non-hydrogen) atoms. The van der Waals surface area contributed by atoms with E-state index in [0.717, 1.165) is 0 Å². The lowest BCUT2D eigenvalue weighted by atomic mass is 10.1. The summed E-state index contributed by atoms with van der Waals surface area (Å²) in [5, 5.41) is 0. The maximum Gasteiger partial charge on any atom is 0.112 e. The van der Waals surface area contributed by atoms with E-state index < -0.39 is 0 Å². The maximum atomic E-state index is 5.42. The molecule has 0 amide bonds. The maximum absolute atomic E-state index is 5.42. The Morgan fingerprint density at radius 3 is 2.75 bits per heavy atom. The van der Waals surface area contributed by atoms with Crippen molar-refractivity contribution in [3.63, 3.8) is 0 Å². The fourth-order valence-corrected chi connectivity index (χ4v) is 1.37. The number of methoxy groups -OCH3 is 1. The Hall–Kier alpha value is -0.860. The quantitative estimate of drug-likeness (QED) is 0.635. The van der Waals surface area contributed by atoms with Crippen molar-refractivity contribution in [1.29, 1.82) is 0 Å². The van der Waals surface area contributed by atoms with Crippen LogP contribution in [-0.2, 0) is 9.47 Å². The standard InChI is InChI=1S/C10H12O2/c1-11-7-9-10(12-9)8-5-3-2-4-6-8/h2-6,9-10H,7H2,1H3. The van der Waals surface area contributed by atoms with E-state index in [0.29, 0.717) is 6.61 Å². The summed E-state index contributed by atoms with van der Waals surface area (Å²) in [6.07, 6.45) is 0.545. The van der Waals surface area contributed by atoms with Crippen molar-refractivity contribution in [2.24, 2.45) is 0 Å². The van der Waals surface area contributed by atoms with E-state index in [1.165, 1.54) is 5.56 Å². The van der Waals surface area contributed by atoms with Crippen LogP contribution in [0.2, 0.25) is 0 Å². The van der Waals surface area contributed by atoms with E-state index in [9.17, 15) is 0 Å². The molecule has 1 aliphatic heterocycles. The number of rotatable bonds is 3. The lowest BCUT2D eigenvalue weighted by Crippen LogP contribution is -1.98. The summed E-state index contributed by atoms with van der Waals surface area (Å²) in [6, 6.07) is 10.2. The molecule has 0 radical (unpaired) electrons. The molecule has 1 aliphatic rings. The van der Waals surface area contributed by atoms with Gasteiger partial charge in [-0.15, -0.1) is 0 Å². The molecule has 0 bridgehead atoms. The van der Waals surface area contributed by atoms with E-state index in [2.05, 4.69) is 12.1 Å². The number of epoxide rings is 1. The first-order valence-corrected chi connectivity index (χ1v) is 4.11. The van der Waals surface area contributed by atoms with Crippen molar-refractivity contribution in [3.05, 3.63) is 35.9 Å². The average molecular weight is 164 g/mol. The number of hydrogen-bond acceptors (Lipinski definition) is 2. The molecule has 0 aromatic heterocycles. The lowest BCUT2D eigenvalue weighted by Gasteiger charge is -1.93. The molecule has 0 N–H and O–H groups in total. The molecule has 2 heteroatoms. The molecule has 2 atom stereocenters. The molecule has 1 aromatic carbocycles. The summed E-state index contributed by atoms with van der Waals surface area (Å²) in [5.41, 5.74) is 1.25. The van der Waals surface area contributed by atoms with E-state index in [1.54, 1.807) is 7.11 Å². The summed E-state index contributed by atoms with van der Waals surface area (Å²) >= 11 is 0. The van der Waals surface area contributed by atoms with Crippen LogP contribution in [0.4, 0.5) is 0 Å². The molecule has 1 fully saturated rings. The summed E-state index contributed by atoms with van der Waals surface area (Å²) in [6.45, 7) is 0.694. The summed E-state index contributed by atoms with van der Waals surface area (Å²) in [5.74, 6) is 0. The first-order chi connectivity index (χ1) is 5.92. The Bertz CT molecular complexity index is 245. The van der Waals surface area contributed by atoms with Crippen LogP contribution in [0.5, 0.6) is 0 Å². The van der Waals surface area contributed by atoms with Gasteiger partial charge in [-0.2, -0.15) is 0 Å². The van der Waals surface area contributed by atoms with E-state index in [-0.39, 0.29) is 12.2 Å². The molecular weight excluding hydrogens is 152 g/mol. The fourth-order valence-electron chi connectivity index (χ4n) is 1.37. The Balaban J connectivity index is 1.97. The predicted octanol–water partition coefficient (Wildman–Crippen LogP) is 1.77. The van der Waals surface area contributed by atoms with Gasteiger partial charge in [0.1, 0.15) is 12.2 Å². The number of hydrogen-bond donors (Lipinski definition) is 0. The normalized spacial score (nSPS) is 27.1. The Morgan fingerprint density at radius 1 is 1.33 bits per heavy atom. The van der Waals surface area contributed by atoms with Crippen LogP contribution in [0.25, 0.3) is 0 Å². The van der Waals surface area contributed by atoms with E-state index >= 15 is 0 Å². The third-order valence-corrected chi connectivity index (χ3v) is 2.04. The van der Waals surface area contributed by atoms with Gasteiger partial charge in [-0.25, -0.2) is 0 Å². The topological polar surface area (TPSA) is 21.8 Å². The second kappa shape index (κ2) is 3.25. The second-order valence-electron chi connectivity index (χ2n) is 2.96. The first-order valence-electron chi connectivity index (χ1n) is 4.11. The van der Waals surface area contributed by atoms with Gasteiger partial charge in [0, 0.05) is 7.11 Å². The van der Waals surface area contributed by atoms with Crippen LogP contribution in [0, 0.1) is 0 Å². The van der Waals surface area contributed by atoms with Crippen molar-refractivity contribution < 1.29 is 9.47 Å². The zero-order chi connectivity index (χ0) is 8.39. The molecule has 0 aliphatic carbocycles. The molecule has 64 valence electrons. The summed E-state index contributed by atoms with van der Waals surface area (Å²) < 4.78 is 10.4. The highest BCUT2D eigenvalue weighted by atomic mass is 16.6. The van der Waals surface area contributed by atoms with Crippen molar-refractivity contribution in [2.45, 2.75) is 12.2 Å². The van der Waals surface area contributed by atoms with Gasteiger partial charge < -0.3 is 9.47 Å². The molecule has 2 rings (SSSR count). The van der Waals surface area contributed by atoms with Crippen LogP contribution in [-0.4, -0.2) is 19.8 Å². The Kier molecular flexibility index (Phi) is 2.11. The van der Waals surface area contributed by atoms with Crippen LogP contribution in [0.3, 0.4) is 0 Å². The largest absolute Gasteiger partial charge is 0.382 e. The lowest BCUT2D eigenvalue weighted by molar-refractivity contribution is 0.171. The van der Waals surface area contributed by atoms with E-state index in [4.69, 9.17) is 9.47 Å². The predicted molar refractivity (Wildman–Crippen MR) is 45.9 cm³/mol. The van der Waals surface area contributed by atoms with Gasteiger partial charge in [0.25, 0.3) is 0 Å². The molecule has 1 heterocycles. The highest BCUT2D eigenvalue weighted by Gasteiger charge is 2.39. The number of benzene rings is 1. The monoisotopic (exact) mass is 164 g/mol. The highest BCUT2D eigenvalue weighted by molar-refractivity contribution is 5.22. The second-order valence-corrected chi connectivity index (χ2v) is 2.96. The van der Waals surface area contributed by atoms with Crippen LogP contribution in [0.15, 0.2) is 30.3 Å². The zero-order valence-electron chi connectivity index (χ0n) is 7.07. The minimum Gasteiger partial charge on any atom is -0.382 e. The smallest absolute Gasteiger partial charge is 0.112 e. The average Bonchev–Trinajstić information content (AvgIpc) is 2.87. The van der Waals surface area contributed by atoms with Gasteiger partial charge in [0.2, 0.25) is 0 Å². The summed E-state index contributed by atoms with van der Waals surface area (Å²) in [7, 11) is 1.70. The Labute approximate surface area is 72.1 Å². The third-order valence-electron chi connectivity index (χ3n) is 2.04. The van der Waals surface area contributed by atoms with Crippen LogP contribution >= 0.6 is 0 Å². The van der Waals surface area contributed by atoms with E-state index in [1.807, 2.05) is 18.2 Å². The van der Waals surface area contributed by atoms with Gasteiger partial charge in [-0.1, -0.05) is 30.3 Å². The molecule has 1 aromatic rings. The molecule has 1 saturated heterocycles. The summed E-state index contributed by atoms with van der Waals surface area (Å²) in [4.78, 5) is 0. The molecule has 0 spiro atoms. The fraction of sp³-hybridized carbons (Fsp3) is 0.400. The minimum atomic E-state index is 0.270. The van der Waals surface area contributed by atoms with Gasteiger partial charge >= 0.3 is 0 Å². The van der Waals surface area contributed by atoms with Crippen LogP contribution in [0.1, 0.15) is 11.7 Å². The van der Waals surface area contributed by atoms with Crippen molar-refractivity contribution in [2.75, 3.05) is 13.7 Å². The van der Waals surface area contributed by atoms with Crippen molar-refractivity contribution >= 4 is 0 Å². The van der Waals surface area contributed by atoms with Crippen molar-refractivity contribution in [1.82, 2.24) is 0 Å². The van der Waals surface area contributed by atoms with Gasteiger partial charge in [-0.05, 0) is 5.56 Å². The molecular formula is C10H12O2. The SMILES string of the molecule is COCC1OC1c1ccccc1. The highest BCUT2D eigenvalue weighted by Crippen LogP contribution is 2.38. The third kappa shape index (κ3) is 1.49. The minimum absolute atomic E-state index is 0.270. The first kappa shape index (κ1) is 7.77.